The van der Waals surface area contributed by atoms with Gasteiger partial charge in [-0.05, 0) is 87.6 Å². The van der Waals surface area contributed by atoms with Crippen molar-refractivity contribution in [2.24, 2.45) is 13.0 Å². The lowest BCUT2D eigenvalue weighted by Gasteiger charge is -2.40. The summed E-state index contributed by atoms with van der Waals surface area (Å²) in [6.07, 6.45) is 5.28. The Hall–Kier alpha value is -2.74. The molecule has 2 aromatic carbocycles. The van der Waals surface area contributed by atoms with Gasteiger partial charge in [0.2, 0.25) is 0 Å². The van der Waals surface area contributed by atoms with E-state index >= 15 is 0 Å². The van der Waals surface area contributed by atoms with Crippen LogP contribution in [-0.2, 0) is 26.6 Å². The number of likely N-dealkylation sites (N-methyl/N-ethyl adjacent to an activating group) is 1. The van der Waals surface area contributed by atoms with E-state index in [2.05, 4.69) is 47.2 Å². The van der Waals surface area contributed by atoms with E-state index in [-0.39, 0.29) is 12.4 Å². The highest BCUT2D eigenvalue weighted by atomic mass is 19.1. The Kier molecular flexibility index (Phi) is 9.13. The fraction of sp³-hybridized carbons (Fsp3) is 0.483. The minimum Gasteiger partial charge on any atom is -0.491 e. The molecule has 2 heterocycles. The Morgan fingerprint density at radius 3 is 2.56 bits per heavy atom. The topological polar surface area (TPSA) is 53.8 Å². The van der Waals surface area contributed by atoms with Crippen LogP contribution in [0.15, 0.2) is 54.7 Å². The summed E-state index contributed by atoms with van der Waals surface area (Å²) in [7, 11) is 4.18. The van der Waals surface area contributed by atoms with E-state index in [0.717, 1.165) is 56.9 Å². The van der Waals surface area contributed by atoms with Crippen LogP contribution in [0.25, 0.3) is 0 Å². The summed E-state index contributed by atoms with van der Waals surface area (Å²) >= 11 is 0. The first-order chi connectivity index (χ1) is 17.4. The SMILES string of the molecule is Cc1nn(C)cc1CN(C)[C@@H](Cc1ccc(F)cc1)C1CCN(Cc2cccc(OCCO)c2)CC1. The number of piperidine rings is 1. The molecule has 0 unspecified atom stereocenters. The maximum atomic E-state index is 13.5. The van der Waals surface area contributed by atoms with Crippen molar-refractivity contribution in [2.45, 2.75) is 45.3 Å². The molecule has 1 aliphatic rings. The smallest absolute Gasteiger partial charge is 0.123 e. The lowest BCUT2D eigenvalue weighted by atomic mass is 9.84. The van der Waals surface area contributed by atoms with Crippen molar-refractivity contribution >= 4 is 0 Å². The highest BCUT2D eigenvalue weighted by Crippen LogP contribution is 2.29. The third kappa shape index (κ3) is 7.15. The first-order valence-corrected chi connectivity index (χ1v) is 12.9. The average Bonchev–Trinajstić information content (AvgIpc) is 3.19. The van der Waals surface area contributed by atoms with Crippen LogP contribution in [0.1, 0.15) is 35.2 Å². The second kappa shape index (κ2) is 12.5. The van der Waals surface area contributed by atoms with Crippen LogP contribution in [0.2, 0.25) is 0 Å². The molecule has 7 heteroatoms. The molecule has 0 saturated carbocycles. The van der Waals surface area contributed by atoms with Crippen LogP contribution in [0.3, 0.4) is 0 Å². The highest BCUT2D eigenvalue weighted by molar-refractivity contribution is 5.28. The highest BCUT2D eigenvalue weighted by Gasteiger charge is 2.30. The van der Waals surface area contributed by atoms with Crippen LogP contribution in [0, 0.1) is 18.7 Å². The number of aliphatic hydroxyl groups excluding tert-OH is 1. The van der Waals surface area contributed by atoms with Crippen LogP contribution in [0.5, 0.6) is 5.75 Å². The molecule has 0 spiro atoms. The van der Waals surface area contributed by atoms with Gasteiger partial charge in [-0.1, -0.05) is 24.3 Å². The van der Waals surface area contributed by atoms with Crippen LogP contribution in [0.4, 0.5) is 4.39 Å². The maximum absolute atomic E-state index is 13.5. The predicted octanol–water partition coefficient (Wildman–Crippen LogP) is 4.19. The molecule has 4 rings (SSSR count). The van der Waals surface area contributed by atoms with Gasteiger partial charge in [-0.15, -0.1) is 0 Å². The second-order valence-corrected chi connectivity index (χ2v) is 10.1. The molecule has 194 valence electrons. The molecule has 0 amide bonds. The molecule has 3 aromatic rings. The maximum Gasteiger partial charge on any atom is 0.123 e. The molecular formula is C29H39FN4O2. The van der Waals surface area contributed by atoms with E-state index < -0.39 is 0 Å². The lowest BCUT2D eigenvalue weighted by molar-refractivity contribution is 0.0952. The van der Waals surface area contributed by atoms with Crippen LogP contribution < -0.4 is 4.74 Å². The van der Waals surface area contributed by atoms with Crippen LogP contribution in [-0.4, -0.2) is 64.1 Å². The van der Waals surface area contributed by atoms with Crippen molar-refractivity contribution in [1.29, 1.82) is 0 Å². The molecule has 0 radical (unpaired) electrons. The molecule has 36 heavy (non-hydrogen) atoms. The Morgan fingerprint density at radius 2 is 1.89 bits per heavy atom. The van der Waals surface area contributed by atoms with Gasteiger partial charge in [0.05, 0.1) is 12.3 Å². The van der Waals surface area contributed by atoms with Gasteiger partial charge in [-0.2, -0.15) is 5.10 Å². The monoisotopic (exact) mass is 494 g/mol. The van der Waals surface area contributed by atoms with Crippen molar-refractivity contribution < 1.29 is 14.2 Å². The third-order valence-electron chi connectivity index (χ3n) is 7.30. The van der Waals surface area contributed by atoms with Gasteiger partial charge in [0.1, 0.15) is 18.2 Å². The fourth-order valence-electron chi connectivity index (χ4n) is 5.39. The Balaban J connectivity index is 1.41. The number of rotatable bonds is 11. The predicted molar refractivity (Wildman–Crippen MR) is 140 cm³/mol. The number of aromatic nitrogens is 2. The average molecular weight is 495 g/mol. The molecule has 0 bridgehead atoms. The van der Waals surface area contributed by atoms with Crippen molar-refractivity contribution in [3.63, 3.8) is 0 Å². The molecule has 1 fully saturated rings. The first kappa shape index (κ1) is 26.3. The first-order valence-electron chi connectivity index (χ1n) is 12.9. The molecule has 6 nitrogen and oxygen atoms in total. The number of aliphatic hydroxyl groups is 1. The van der Waals surface area contributed by atoms with Crippen molar-refractivity contribution in [2.75, 3.05) is 33.4 Å². The summed E-state index contributed by atoms with van der Waals surface area (Å²) in [4.78, 5) is 4.98. The van der Waals surface area contributed by atoms with Gasteiger partial charge in [0.15, 0.2) is 0 Å². The van der Waals surface area contributed by atoms with Gasteiger partial charge in [0, 0.05) is 37.9 Å². The zero-order valence-corrected chi connectivity index (χ0v) is 21.7. The van der Waals surface area contributed by atoms with Crippen molar-refractivity contribution in [3.05, 3.63) is 82.9 Å². The summed E-state index contributed by atoms with van der Waals surface area (Å²) in [6, 6.07) is 15.5. The zero-order valence-electron chi connectivity index (χ0n) is 21.7. The summed E-state index contributed by atoms with van der Waals surface area (Å²) in [5.41, 5.74) is 4.74. The number of ether oxygens (including phenoxy) is 1. The molecule has 1 aliphatic heterocycles. The van der Waals surface area contributed by atoms with E-state index in [1.54, 1.807) is 12.1 Å². The largest absolute Gasteiger partial charge is 0.491 e. The normalized spacial score (nSPS) is 15.9. The minimum atomic E-state index is -0.186. The van der Waals surface area contributed by atoms with Gasteiger partial charge >= 0.3 is 0 Å². The van der Waals surface area contributed by atoms with Gasteiger partial charge in [0.25, 0.3) is 0 Å². The van der Waals surface area contributed by atoms with Crippen molar-refractivity contribution in [3.8, 4) is 5.75 Å². The van der Waals surface area contributed by atoms with E-state index in [0.29, 0.717) is 18.6 Å². The van der Waals surface area contributed by atoms with E-state index in [9.17, 15) is 4.39 Å². The Bertz CT molecular complexity index is 1090. The zero-order chi connectivity index (χ0) is 25.5. The standard InChI is InChI=1S/C29H39FN4O2/c1-22-26(21-33(3)31-22)20-32(2)29(18-23-7-9-27(30)10-8-23)25-11-13-34(14-12-25)19-24-5-4-6-28(17-24)36-16-15-35/h4-10,17,21,25,29,35H,11-16,18-20H2,1-3H3/t29-/m0/s1. The molecular weight excluding hydrogens is 455 g/mol. The van der Waals surface area contributed by atoms with E-state index in [1.165, 1.54) is 16.7 Å². The van der Waals surface area contributed by atoms with Crippen molar-refractivity contribution in [1.82, 2.24) is 19.6 Å². The third-order valence-corrected chi connectivity index (χ3v) is 7.30. The van der Waals surface area contributed by atoms with Crippen LogP contribution >= 0.6 is 0 Å². The minimum absolute atomic E-state index is 0.0195. The molecule has 1 N–H and O–H groups in total. The number of hydrogen-bond acceptors (Lipinski definition) is 5. The number of nitrogens with zero attached hydrogens (tertiary/aromatic N) is 4. The number of likely N-dealkylation sites (tertiary alicyclic amines) is 1. The van der Waals surface area contributed by atoms with Gasteiger partial charge in [-0.25, -0.2) is 4.39 Å². The Morgan fingerprint density at radius 1 is 1.14 bits per heavy atom. The molecule has 0 aliphatic carbocycles. The second-order valence-electron chi connectivity index (χ2n) is 10.1. The summed E-state index contributed by atoms with van der Waals surface area (Å²) in [6.45, 7) is 6.25. The number of halogens is 1. The number of aryl methyl sites for hydroxylation is 2. The number of benzene rings is 2. The summed E-state index contributed by atoms with van der Waals surface area (Å²) in [5.74, 6) is 1.18. The summed E-state index contributed by atoms with van der Waals surface area (Å²) in [5, 5.41) is 13.5. The Labute approximate surface area is 214 Å². The molecule has 1 saturated heterocycles. The molecule has 1 atom stereocenters. The molecule has 1 aromatic heterocycles. The van der Waals surface area contributed by atoms with Gasteiger partial charge < -0.3 is 9.84 Å². The lowest BCUT2D eigenvalue weighted by Crippen LogP contribution is -2.45. The van der Waals surface area contributed by atoms with Gasteiger partial charge in [-0.3, -0.25) is 14.5 Å². The summed E-state index contributed by atoms with van der Waals surface area (Å²) < 4.78 is 21.0. The van der Waals surface area contributed by atoms with E-state index in [1.807, 2.05) is 36.0 Å². The quantitative estimate of drug-likeness (QED) is 0.433. The fourth-order valence-corrected chi connectivity index (χ4v) is 5.39. The van der Waals surface area contributed by atoms with E-state index in [4.69, 9.17) is 9.84 Å². The number of hydrogen-bond donors (Lipinski definition) is 1.